The summed E-state index contributed by atoms with van der Waals surface area (Å²) < 4.78 is 11.4. The van der Waals surface area contributed by atoms with Gasteiger partial charge >= 0.3 is 0 Å². The first-order valence-corrected chi connectivity index (χ1v) is 6.43. The van der Waals surface area contributed by atoms with Gasteiger partial charge in [0.25, 0.3) is 0 Å². The van der Waals surface area contributed by atoms with Crippen LogP contribution in [0.25, 0.3) is 0 Å². The van der Waals surface area contributed by atoms with Crippen molar-refractivity contribution in [3.63, 3.8) is 0 Å². The molecule has 0 radical (unpaired) electrons. The molecular weight excluding hydrogens is 218 g/mol. The third-order valence-electron chi connectivity index (χ3n) is 3.75. The summed E-state index contributed by atoms with van der Waals surface area (Å²) in [6.45, 7) is 4.72. The molecule has 3 heterocycles. The van der Waals surface area contributed by atoms with Crippen molar-refractivity contribution in [2.75, 3.05) is 19.8 Å². The van der Waals surface area contributed by atoms with Crippen molar-refractivity contribution in [1.29, 1.82) is 0 Å². The van der Waals surface area contributed by atoms with E-state index in [9.17, 15) is 0 Å². The highest BCUT2D eigenvalue weighted by Crippen LogP contribution is 2.33. The molecule has 5 heteroatoms. The lowest BCUT2D eigenvalue weighted by Gasteiger charge is -2.29. The van der Waals surface area contributed by atoms with Gasteiger partial charge in [0.1, 0.15) is 0 Å². The molecule has 0 aliphatic carbocycles. The van der Waals surface area contributed by atoms with Crippen LogP contribution in [0.15, 0.2) is 4.42 Å². The Morgan fingerprint density at radius 1 is 1.35 bits per heavy atom. The minimum atomic E-state index is -0.0951. The first-order chi connectivity index (χ1) is 8.28. The van der Waals surface area contributed by atoms with Crippen molar-refractivity contribution in [3.8, 4) is 0 Å². The van der Waals surface area contributed by atoms with Crippen LogP contribution in [-0.2, 0) is 10.2 Å². The Labute approximate surface area is 101 Å². The largest absolute Gasteiger partial charge is 0.423 e. The van der Waals surface area contributed by atoms with Gasteiger partial charge in [-0.15, -0.1) is 10.2 Å². The maximum absolute atomic E-state index is 5.85. The molecule has 0 bridgehead atoms. The van der Waals surface area contributed by atoms with E-state index < -0.39 is 0 Å². The van der Waals surface area contributed by atoms with Crippen LogP contribution in [0.4, 0.5) is 0 Å². The van der Waals surface area contributed by atoms with E-state index in [1.807, 2.05) is 0 Å². The lowest BCUT2D eigenvalue weighted by Crippen LogP contribution is -2.33. The summed E-state index contributed by atoms with van der Waals surface area (Å²) in [5, 5.41) is 11.8. The Morgan fingerprint density at radius 3 is 3.00 bits per heavy atom. The molecule has 5 nitrogen and oxygen atoms in total. The van der Waals surface area contributed by atoms with E-state index in [4.69, 9.17) is 9.15 Å². The van der Waals surface area contributed by atoms with Gasteiger partial charge in [0.2, 0.25) is 11.8 Å². The normalized spacial score (nSPS) is 34.1. The zero-order valence-electron chi connectivity index (χ0n) is 10.2. The Morgan fingerprint density at radius 2 is 2.29 bits per heavy atom. The molecule has 17 heavy (non-hydrogen) atoms. The highest BCUT2D eigenvalue weighted by molar-refractivity contribution is 5.05. The fraction of sp³-hybridized carbons (Fsp3) is 0.833. The maximum Gasteiger partial charge on any atom is 0.233 e. The highest BCUT2D eigenvalue weighted by atomic mass is 16.5. The monoisotopic (exact) mass is 237 g/mol. The Hall–Kier alpha value is -0.940. The van der Waals surface area contributed by atoms with Gasteiger partial charge in [-0.3, -0.25) is 0 Å². The summed E-state index contributed by atoms with van der Waals surface area (Å²) in [7, 11) is 0. The fourth-order valence-electron chi connectivity index (χ4n) is 2.62. The molecule has 2 saturated heterocycles. The molecule has 0 aromatic carbocycles. The maximum atomic E-state index is 5.85. The van der Waals surface area contributed by atoms with Crippen molar-refractivity contribution in [3.05, 3.63) is 11.8 Å². The van der Waals surface area contributed by atoms with E-state index in [-0.39, 0.29) is 11.5 Å². The predicted octanol–water partition coefficient (Wildman–Crippen LogP) is 1.56. The smallest absolute Gasteiger partial charge is 0.233 e. The molecule has 3 rings (SSSR count). The lowest BCUT2D eigenvalue weighted by atomic mass is 9.85. The average molecular weight is 237 g/mol. The van der Waals surface area contributed by atoms with Gasteiger partial charge in [-0.05, 0) is 39.2 Å². The molecule has 2 fully saturated rings. The molecule has 2 aliphatic rings. The van der Waals surface area contributed by atoms with Crippen LogP contribution in [0.3, 0.4) is 0 Å². The predicted molar refractivity (Wildman–Crippen MR) is 61.7 cm³/mol. The summed E-state index contributed by atoms with van der Waals surface area (Å²) in [6.07, 6.45) is 4.40. The van der Waals surface area contributed by atoms with Gasteiger partial charge in [-0.2, -0.15) is 0 Å². The third kappa shape index (κ3) is 2.09. The number of aromatic nitrogens is 2. The summed E-state index contributed by atoms with van der Waals surface area (Å²) in [6, 6.07) is 0.254. The van der Waals surface area contributed by atoms with Gasteiger partial charge in [0, 0.05) is 6.61 Å². The number of rotatable bonds is 2. The molecule has 1 aromatic rings. The molecule has 2 unspecified atom stereocenters. The number of nitrogens with one attached hydrogen (secondary N) is 1. The molecule has 0 amide bonds. The van der Waals surface area contributed by atoms with Crippen LogP contribution in [0, 0.1) is 0 Å². The first-order valence-electron chi connectivity index (χ1n) is 6.43. The molecule has 2 aliphatic heterocycles. The molecule has 2 atom stereocenters. The molecule has 0 spiro atoms. The summed E-state index contributed by atoms with van der Waals surface area (Å²) in [5.41, 5.74) is -0.0951. The molecule has 0 saturated carbocycles. The topological polar surface area (TPSA) is 60.2 Å². The van der Waals surface area contributed by atoms with E-state index in [2.05, 4.69) is 22.4 Å². The Kier molecular flexibility index (Phi) is 2.88. The second-order valence-electron chi connectivity index (χ2n) is 5.31. The van der Waals surface area contributed by atoms with Crippen molar-refractivity contribution >= 4 is 0 Å². The summed E-state index contributed by atoms with van der Waals surface area (Å²) in [5.74, 6) is 1.48. The number of ether oxygens (including phenoxy) is 1. The van der Waals surface area contributed by atoms with Crippen LogP contribution in [0.5, 0.6) is 0 Å². The SMILES string of the molecule is CC1(c2nnc(C3CCCN3)o2)CCCOC1. The van der Waals surface area contributed by atoms with Gasteiger partial charge in [-0.25, -0.2) is 0 Å². The van der Waals surface area contributed by atoms with Crippen LogP contribution in [0.2, 0.25) is 0 Å². The zero-order chi connectivity index (χ0) is 11.7. The van der Waals surface area contributed by atoms with Crippen molar-refractivity contribution < 1.29 is 9.15 Å². The van der Waals surface area contributed by atoms with Crippen LogP contribution >= 0.6 is 0 Å². The van der Waals surface area contributed by atoms with Gasteiger partial charge < -0.3 is 14.5 Å². The molecule has 94 valence electrons. The van der Waals surface area contributed by atoms with Crippen molar-refractivity contribution in [1.82, 2.24) is 15.5 Å². The van der Waals surface area contributed by atoms with Gasteiger partial charge in [0.05, 0.1) is 18.1 Å². The average Bonchev–Trinajstić information content (AvgIpc) is 3.01. The lowest BCUT2D eigenvalue weighted by molar-refractivity contribution is 0.0300. The van der Waals surface area contributed by atoms with Crippen molar-refractivity contribution in [2.45, 2.75) is 44.1 Å². The zero-order valence-corrected chi connectivity index (χ0v) is 10.2. The highest BCUT2D eigenvalue weighted by Gasteiger charge is 2.36. The van der Waals surface area contributed by atoms with Gasteiger partial charge in [-0.1, -0.05) is 0 Å². The van der Waals surface area contributed by atoms with E-state index >= 15 is 0 Å². The fourth-order valence-corrected chi connectivity index (χ4v) is 2.62. The minimum Gasteiger partial charge on any atom is -0.423 e. The van der Waals surface area contributed by atoms with E-state index in [1.165, 1.54) is 6.42 Å². The molecular formula is C12H19N3O2. The van der Waals surface area contributed by atoms with Crippen LogP contribution in [-0.4, -0.2) is 30.0 Å². The minimum absolute atomic E-state index is 0.0951. The summed E-state index contributed by atoms with van der Waals surface area (Å²) in [4.78, 5) is 0. The molecule has 1 aromatic heterocycles. The van der Waals surface area contributed by atoms with Crippen LogP contribution in [0.1, 0.15) is 50.4 Å². The second-order valence-corrected chi connectivity index (χ2v) is 5.31. The first kappa shape index (κ1) is 11.2. The number of hydrogen-bond donors (Lipinski definition) is 1. The third-order valence-corrected chi connectivity index (χ3v) is 3.75. The quantitative estimate of drug-likeness (QED) is 0.846. The van der Waals surface area contributed by atoms with E-state index in [0.29, 0.717) is 6.61 Å². The summed E-state index contributed by atoms with van der Waals surface area (Å²) >= 11 is 0. The van der Waals surface area contributed by atoms with E-state index in [1.54, 1.807) is 0 Å². The van der Waals surface area contributed by atoms with Crippen molar-refractivity contribution in [2.24, 2.45) is 0 Å². The second kappa shape index (κ2) is 4.38. The van der Waals surface area contributed by atoms with Crippen LogP contribution < -0.4 is 5.32 Å². The Bertz CT molecular complexity index is 379. The standard InChI is InChI=1S/C12H19N3O2/c1-12(5-3-7-16-8-12)11-15-14-10(17-11)9-4-2-6-13-9/h9,13H,2-8H2,1H3. The number of nitrogens with zero attached hydrogens (tertiary/aromatic N) is 2. The van der Waals surface area contributed by atoms with E-state index in [0.717, 1.165) is 44.2 Å². The number of hydrogen-bond acceptors (Lipinski definition) is 5. The van der Waals surface area contributed by atoms with Gasteiger partial charge in [0.15, 0.2) is 0 Å². The Balaban J connectivity index is 1.78. The molecule has 1 N–H and O–H groups in total.